The Kier molecular flexibility index (Phi) is 9.78. The zero-order chi connectivity index (χ0) is 32.5. The van der Waals surface area contributed by atoms with Crippen molar-refractivity contribution in [1.82, 2.24) is 4.57 Å². The van der Waals surface area contributed by atoms with Gasteiger partial charge >= 0.3 is 12.1 Å². The monoisotopic (exact) mass is 740 g/mol. The van der Waals surface area contributed by atoms with E-state index in [2.05, 4.69) is 20.9 Å². The number of esters is 1. The maximum atomic E-state index is 14.4. The van der Waals surface area contributed by atoms with Crippen molar-refractivity contribution < 1.29 is 32.2 Å². The first-order valence-electron chi connectivity index (χ1n) is 13.2. The topological polar surface area (TPSA) is 79.1 Å². The van der Waals surface area contributed by atoms with Crippen molar-refractivity contribution in [3.05, 3.63) is 123 Å². The van der Waals surface area contributed by atoms with E-state index in [1.807, 2.05) is 6.07 Å². The van der Waals surface area contributed by atoms with E-state index in [4.69, 9.17) is 37.4 Å². The summed E-state index contributed by atoms with van der Waals surface area (Å²) in [5.74, 6) is -0.642. The number of carbonyl (C=O) groups excluding carboxylic acids is 1. The molecule has 2 heterocycles. The van der Waals surface area contributed by atoms with Gasteiger partial charge in [-0.25, -0.2) is 9.79 Å². The Morgan fingerprint density at radius 2 is 1.84 bits per heavy atom. The Hall–Kier alpha value is -3.58. The summed E-state index contributed by atoms with van der Waals surface area (Å²) in [5, 5.41) is 0.806. The Morgan fingerprint density at radius 1 is 1.13 bits per heavy atom. The van der Waals surface area contributed by atoms with Gasteiger partial charge in [0.15, 0.2) is 22.0 Å². The van der Waals surface area contributed by atoms with Gasteiger partial charge in [0.25, 0.3) is 5.56 Å². The minimum atomic E-state index is -5.03. The minimum absolute atomic E-state index is 0.0297. The highest BCUT2D eigenvalue weighted by Gasteiger charge is 2.45. The number of nitrogens with zero attached hydrogens (tertiary/aromatic N) is 2. The summed E-state index contributed by atoms with van der Waals surface area (Å²) in [4.78, 5) is 30.6. The number of halogens is 6. The van der Waals surface area contributed by atoms with Crippen LogP contribution < -0.4 is 24.4 Å². The number of rotatable bonds is 8. The van der Waals surface area contributed by atoms with Crippen LogP contribution in [0.3, 0.4) is 0 Å². The maximum Gasteiger partial charge on any atom is 0.434 e. The first kappa shape index (κ1) is 32.8. The summed E-state index contributed by atoms with van der Waals surface area (Å²) in [7, 11) is 1.45. The number of methoxy groups -OCH3 is 1. The lowest BCUT2D eigenvalue weighted by molar-refractivity contribution is -0.140. The first-order valence-corrected chi connectivity index (χ1v) is 15.6. The fourth-order valence-corrected chi connectivity index (χ4v) is 6.47. The van der Waals surface area contributed by atoms with E-state index >= 15 is 0 Å². The zero-order valence-corrected chi connectivity index (χ0v) is 27.4. The highest BCUT2D eigenvalue weighted by Crippen LogP contribution is 2.39. The van der Waals surface area contributed by atoms with Gasteiger partial charge < -0.3 is 14.2 Å². The number of fused-ring (bicyclic) bond motifs is 1. The van der Waals surface area contributed by atoms with Crippen LogP contribution in [0, 0.1) is 0 Å². The van der Waals surface area contributed by atoms with E-state index in [1.165, 1.54) is 44.4 Å². The van der Waals surface area contributed by atoms with E-state index in [0.717, 1.165) is 15.9 Å². The smallest absolute Gasteiger partial charge is 0.434 e. The summed E-state index contributed by atoms with van der Waals surface area (Å²) in [6.45, 7) is 1.34. The third kappa shape index (κ3) is 6.84. The molecule has 0 spiro atoms. The van der Waals surface area contributed by atoms with Crippen LogP contribution in [0.5, 0.6) is 11.5 Å². The molecule has 14 heteroatoms. The molecule has 0 N–H and O–H groups in total. The third-order valence-corrected chi connectivity index (χ3v) is 8.73. The molecule has 234 valence electrons. The maximum absolute atomic E-state index is 14.4. The molecule has 1 aromatic heterocycles. The fourth-order valence-electron chi connectivity index (χ4n) is 4.71. The van der Waals surface area contributed by atoms with Crippen LogP contribution in [-0.4, -0.2) is 30.4 Å². The number of hydrogen-bond donors (Lipinski definition) is 0. The average Bonchev–Trinajstić information content (AvgIpc) is 3.30. The number of hydrogen-bond acceptors (Lipinski definition) is 7. The fraction of sp³-hybridized carbons (Fsp3) is 0.194. The van der Waals surface area contributed by atoms with Gasteiger partial charge in [0, 0.05) is 25.6 Å². The minimum Gasteiger partial charge on any atom is -0.493 e. The largest absolute Gasteiger partial charge is 0.493 e. The third-order valence-electron chi connectivity index (χ3n) is 6.67. The lowest BCUT2D eigenvalue weighted by Crippen LogP contribution is -2.41. The molecule has 4 aromatic rings. The first-order chi connectivity index (χ1) is 21.4. The van der Waals surface area contributed by atoms with Crippen molar-refractivity contribution >= 4 is 62.5 Å². The van der Waals surface area contributed by atoms with Crippen LogP contribution in [0.25, 0.3) is 6.08 Å². The van der Waals surface area contributed by atoms with Crippen molar-refractivity contribution in [3.8, 4) is 11.5 Å². The number of allylic oxidation sites excluding steroid dienone is 1. The van der Waals surface area contributed by atoms with Gasteiger partial charge in [0.2, 0.25) is 0 Å². The Balaban J connectivity index is 1.74. The zero-order valence-electron chi connectivity index (χ0n) is 23.5. The number of benzene rings is 3. The summed E-state index contributed by atoms with van der Waals surface area (Å²) < 4.78 is 61.6. The molecule has 0 radical (unpaired) electrons. The average molecular weight is 742 g/mol. The molecule has 0 saturated carbocycles. The Morgan fingerprint density at radius 3 is 2.49 bits per heavy atom. The molecule has 5 rings (SSSR count). The molecule has 1 atom stereocenters. The van der Waals surface area contributed by atoms with Crippen LogP contribution >= 0.6 is 50.5 Å². The second-order valence-electron chi connectivity index (χ2n) is 9.52. The highest BCUT2D eigenvalue weighted by atomic mass is 79.9. The van der Waals surface area contributed by atoms with Gasteiger partial charge in [-0.3, -0.25) is 9.36 Å². The van der Waals surface area contributed by atoms with Crippen molar-refractivity contribution in [2.24, 2.45) is 4.99 Å². The van der Waals surface area contributed by atoms with Crippen LogP contribution in [0.2, 0.25) is 10.0 Å². The van der Waals surface area contributed by atoms with E-state index in [-0.39, 0.29) is 33.9 Å². The molecule has 0 fully saturated rings. The summed E-state index contributed by atoms with van der Waals surface area (Å²) >= 11 is 16.5. The molecule has 0 bridgehead atoms. The molecule has 3 aromatic carbocycles. The van der Waals surface area contributed by atoms with Gasteiger partial charge in [-0.15, -0.1) is 0 Å². The molecule has 1 aliphatic rings. The van der Waals surface area contributed by atoms with E-state index in [9.17, 15) is 22.8 Å². The van der Waals surface area contributed by atoms with Gasteiger partial charge in [0.1, 0.15) is 6.61 Å². The molecule has 45 heavy (non-hydrogen) atoms. The standard InChI is InChI=1S/C31H22BrCl2F3N2O5S/c1-3-43-29(41)24-25(16-8-10-20(33)11-9-16)39-28(40)23(45-30(39)38-27(24)31(35,36)37)13-18-12-19(32)14-22(42-2)26(18)44-15-17-6-4-5-7-21(17)34/h4-14,25H,3,15H2,1-2H3/b23-13-/t25-/m1/s1. The molecule has 1 aliphatic heterocycles. The summed E-state index contributed by atoms with van der Waals surface area (Å²) in [6.07, 6.45) is -3.56. The molecule has 0 aliphatic carbocycles. The predicted octanol–water partition coefficient (Wildman–Crippen LogP) is 7.00. The van der Waals surface area contributed by atoms with Crippen molar-refractivity contribution in [1.29, 1.82) is 0 Å². The molecule has 0 saturated heterocycles. The molecular weight excluding hydrogens is 720 g/mol. The number of alkyl halides is 3. The van der Waals surface area contributed by atoms with Gasteiger partial charge in [-0.05, 0) is 48.9 Å². The van der Waals surface area contributed by atoms with Gasteiger partial charge in [-0.1, -0.05) is 80.8 Å². The molecule has 0 amide bonds. The van der Waals surface area contributed by atoms with Crippen molar-refractivity contribution in [3.63, 3.8) is 0 Å². The number of aromatic nitrogens is 1. The highest BCUT2D eigenvalue weighted by molar-refractivity contribution is 9.10. The number of ether oxygens (including phenoxy) is 3. The second kappa shape index (κ2) is 13.4. The molecule has 0 unspecified atom stereocenters. The summed E-state index contributed by atoms with van der Waals surface area (Å²) in [5.41, 5.74) is -1.64. The quantitative estimate of drug-likeness (QED) is 0.182. The normalized spacial score (nSPS) is 15.0. The van der Waals surface area contributed by atoms with Crippen molar-refractivity contribution in [2.75, 3.05) is 13.7 Å². The van der Waals surface area contributed by atoms with Gasteiger partial charge in [-0.2, -0.15) is 13.2 Å². The SMILES string of the molecule is CCOC(=O)C1=C(C(F)(F)F)N=c2s/c(=C\c3cc(Br)cc(OC)c3OCc3ccccc3Cl)c(=O)n2[C@@H]1c1ccc(Cl)cc1. The van der Waals surface area contributed by atoms with Crippen LogP contribution in [0.1, 0.15) is 29.7 Å². The molecule has 7 nitrogen and oxygen atoms in total. The van der Waals surface area contributed by atoms with Crippen molar-refractivity contribution in [2.45, 2.75) is 25.7 Å². The lowest BCUT2D eigenvalue weighted by atomic mass is 9.95. The van der Waals surface area contributed by atoms with Crippen LogP contribution in [0.4, 0.5) is 13.2 Å². The second-order valence-corrected chi connectivity index (χ2v) is 12.3. The van der Waals surface area contributed by atoms with Crippen LogP contribution in [0.15, 0.2) is 86.2 Å². The number of carbonyl (C=O) groups is 1. The Bertz CT molecular complexity index is 1990. The van der Waals surface area contributed by atoms with E-state index in [1.54, 1.807) is 30.3 Å². The summed E-state index contributed by atoms with van der Waals surface area (Å²) in [6, 6.07) is 14.8. The van der Waals surface area contributed by atoms with E-state index < -0.39 is 35.0 Å². The van der Waals surface area contributed by atoms with Crippen LogP contribution in [-0.2, 0) is 16.1 Å². The molecular formula is C31H22BrCl2F3N2O5S. The number of thiazole rings is 1. The predicted molar refractivity (Wildman–Crippen MR) is 169 cm³/mol. The Labute approximate surface area is 276 Å². The van der Waals surface area contributed by atoms with Gasteiger partial charge in [0.05, 0.1) is 29.9 Å². The van der Waals surface area contributed by atoms with E-state index in [0.29, 0.717) is 31.4 Å². The lowest BCUT2D eigenvalue weighted by Gasteiger charge is -2.26.